The van der Waals surface area contributed by atoms with Crippen molar-refractivity contribution in [2.45, 2.75) is 31.5 Å². The Kier molecular flexibility index (Phi) is 4.50. The van der Waals surface area contributed by atoms with Gasteiger partial charge in [-0.1, -0.05) is 59.9 Å². The molecule has 24 heavy (non-hydrogen) atoms. The van der Waals surface area contributed by atoms with Crippen LogP contribution in [0.3, 0.4) is 0 Å². The molecule has 0 spiro atoms. The quantitative estimate of drug-likeness (QED) is 0.603. The third kappa shape index (κ3) is 2.76. The highest BCUT2D eigenvalue weighted by atomic mass is 28.3. The van der Waals surface area contributed by atoms with Gasteiger partial charge in [-0.25, -0.2) is 0 Å². The van der Waals surface area contributed by atoms with E-state index in [9.17, 15) is 4.79 Å². The third-order valence-corrected chi connectivity index (χ3v) is 9.58. The summed E-state index contributed by atoms with van der Waals surface area (Å²) in [5.74, 6) is 0.610. The third-order valence-electron chi connectivity index (χ3n) is 5.83. The minimum absolute atomic E-state index is 0.177. The van der Waals surface area contributed by atoms with E-state index in [2.05, 4.69) is 56.6 Å². The van der Waals surface area contributed by atoms with Gasteiger partial charge in [0, 0.05) is 18.3 Å². The Morgan fingerprint density at radius 1 is 1.38 bits per heavy atom. The van der Waals surface area contributed by atoms with E-state index >= 15 is 0 Å². The summed E-state index contributed by atoms with van der Waals surface area (Å²) in [6.45, 7) is 13.7. The predicted octanol–water partition coefficient (Wildman–Crippen LogP) is 3.80. The van der Waals surface area contributed by atoms with Gasteiger partial charge in [-0.05, 0) is 18.6 Å². The zero-order valence-corrected chi connectivity index (χ0v) is 15.6. The van der Waals surface area contributed by atoms with E-state index in [4.69, 9.17) is 4.74 Å². The summed E-state index contributed by atoms with van der Waals surface area (Å²) in [6.07, 6.45) is 6.85. The van der Waals surface area contributed by atoms with Gasteiger partial charge in [0.15, 0.2) is 5.78 Å². The lowest BCUT2D eigenvalue weighted by Gasteiger charge is -2.37. The lowest BCUT2D eigenvalue weighted by Crippen LogP contribution is -2.48. The second-order valence-electron chi connectivity index (χ2n) is 7.49. The number of fused-ring (bicyclic) bond motifs is 1. The molecule has 0 unspecified atom stereocenters. The molecular weight excluding hydrogens is 312 g/mol. The summed E-state index contributed by atoms with van der Waals surface area (Å²) in [7, 11) is -1.84. The normalized spacial score (nSPS) is 29.3. The van der Waals surface area contributed by atoms with Crippen molar-refractivity contribution in [3.63, 3.8) is 0 Å². The maximum absolute atomic E-state index is 12.1. The number of ketones is 1. The Bertz CT molecular complexity index is 689. The van der Waals surface area contributed by atoms with Crippen LogP contribution in [0.4, 0.5) is 0 Å². The molecule has 3 rings (SSSR count). The maximum Gasteiger partial charge on any atom is 0.155 e. The Labute approximate surface area is 145 Å². The highest BCUT2D eigenvalue weighted by Gasteiger charge is 2.52. The van der Waals surface area contributed by atoms with E-state index in [1.807, 2.05) is 12.2 Å². The average molecular weight is 339 g/mol. The van der Waals surface area contributed by atoms with Crippen molar-refractivity contribution in [2.75, 3.05) is 6.61 Å². The molecule has 0 radical (unpaired) electrons. The molecule has 0 amide bonds. The predicted molar refractivity (Wildman–Crippen MR) is 102 cm³/mol. The van der Waals surface area contributed by atoms with E-state index < -0.39 is 8.07 Å². The number of rotatable bonds is 5. The summed E-state index contributed by atoms with van der Waals surface area (Å²) >= 11 is 0. The van der Waals surface area contributed by atoms with E-state index in [0.717, 1.165) is 6.42 Å². The fourth-order valence-electron chi connectivity index (χ4n) is 4.17. The number of ether oxygens (including phenoxy) is 1. The second-order valence-corrected chi connectivity index (χ2v) is 12.0. The summed E-state index contributed by atoms with van der Waals surface area (Å²) in [4.78, 5) is 12.1. The maximum atomic E-state index is 12.1. The number of allylic oxidation sites excluding steroid dienone is 1. The zero-order valence-electron chi connectivity index (χ0n) is 14.6. The fraction of sp³-hybridized carbons (Fsp3) is 0.381. The first kappa shape index (κ1) is 17.1. The number of carbonyl (C=O) groups excluding carboxylic acids is 1. The van der Waals surface area contributed by atoms with Crippen molar-refractivity contribution in [2.24, 2.45) is 11.8 Å². The molecule has 0 N–H and O–H groups in total. The second kappa shape index (κ2) is 6.30. The molecule has 1 heterocycles. The smallest absolute Gasteiger partial charge is 0.155 e. The van der Waals surface area contributed by atoms with Crippen molar-refractivity contribution < 1.29 is 9.53 Å². The van der Waals surface area contributed by atoms with E-state index in [-0.39, 0.29) is 23.2 Å². The van der Waals surface area contributed by atoms with Crippen LogP contribution >= 0.6 is 0 Å². The van der Waals surface area contributed by atoms with Gasteiger partial charge in [0.1, 0.15) is 8.07 Å². The lowest BCUT2D eigenvalue weighted by molar-refractivity contribution is -0.117. The van der Waals surface area contributed by atoms with Crippen LogP contribution in [-0.4, -0.2) is 26.1 Å². The molecule has 3 heteroatoms. The van der Waals surface area contributed by atoms with Crippen LogP contribution < -0.4 is 5.19 Å². The minimum atomic E-state index is -1.84. The number of benzene rings is 1. The standard InChI is InChI=1S/C21H26O2Si/c1-5-12-21-13-11-17(22)14-20(21)19(15-23-21)16(2)24(3,4)18-9-7-6-8-10-18/h5-11,13,19-20H,1-2,12,14-15H2,3-4H3/t19-,20+,21+/m0/s1. The summed E-state index contributed by atoms with van der Waals surface area (Å²) < 4.78 is 6.25. The molecule has 0 saturated carbocycles. The van der Waals surface area contributed by atoms with E-state index in [1.54, 1.807) is 6.08 Å². The van der Waals surface area contributed by atoms with Gasteiger partial charge >= 0.3 is 0 Å². The number of carbonyl (C=O) groups is 1. The molecule has 1 saturated heterocycles. The topological polar surface area (TPSA) is 26.3 Å². The highest BCUT2D eigenvalue weighted by Crippen LogP contribution is 2.48. The largest absolute Gasteiger partial charge is 0.370 e. The SMILES string of the molecule is C=CC[C@@]12C=CC(=O)C[C@@H]1[C@H](C(=C)[Si](C)(C)c1ccccc1)CO2. The van der Waals surface area contributed by atoms with Crippen molar-refractivity contribution in [3.05, 3.63) is 66.9 Å². The first-order valence-corrected chi connectivity index (χ1v) is 11.6. The molecule has 126 valence electrons. The van der Waals surface area contributed by atoms with Crippen LogP contribution in [0.2, 0.25) is 13.1 Å². The van der Waals surface area contributed by atoms with Crippen LogP contribution in [0.25, 0.3) is 0 Å². The molecule has 1 aromatic rings. The van der Waals surface area contributed by atoms with Gasteiger partial charge in [-0.3, -0.25) is 4.79 Å². The molecule has 1 aliphatic carbocycles. The molecule has 0 aromatic heterocycles. The summed E-state index contributed by atoms with van der Waals surface area (Å²) in [5.41, 5.74) is -0.371. The molecule has 1 aromatic carbocycles. The van der Waals surface area contributed by atoms with Gasteiger partial charge in [0.25, 0.3) is 0 Å². The molecule has 2 nitrogen and oxygen atoms in total. The van der Waals surface area contributed by atoms with Crippen LogP contribution in [0.5, 0.6) is 0 Å². The molecule has 1 aliphatic heterocycles. The van der Waals surface area contributed by atoms with Crippen LogP contribution in [0.1, 0.15) is 12.8 Å². The minimum Gasteiger partial charge on any atom is -0.370 e. The lowest BCUT2D eigenvalue weighted by atomic mass is 9.73. The van der Waals surface area contributed by atoms with Crippen molar-refractivity contribution in [1.82, 2.24) is 0 Å². The molecule has 3 atom stereocenters. The summed E-state index contributed by atoms with van der Waals surface area (Å²) in [5, 5.41) is 2.67. The first-order valence-electron chi connectivity index (χ1n) is 8.62. The highest BCUT2D eigenvalue weighted by molar-refractivity contribution is 6.95. The van der Waals surface area contributed by atoms with Gasteiger partial charge in [0.2, 0.25) is 0 Å². The molecule has 1 fully saturated rings. The summed E-state index contributed by atoms with van der Waals surface area (Å²) in [6, 6.07) is 10.6. The molecular formula is C21H26O2Si. The first-order chi connectivity index (χ1) is 11.4. The fourth-order valence-corrected chi connectivity index (χ4v) is 6.77. The monoisotopic (exact) mass is 338 g/mol. The molecule has 0 bridgehead atoms. The Hall–Kier alpha value is -1.71. The van der Waals surface area contributed by atoms with Gasteiger partial charge in [0.05, 0.1) is 12.2 Å². The van der Waals surface area contributed by atoms with Crippen molar-refractivity contribution in [3.8, 4) is 0 Å². The van der Waals surface area contributed by atoms with Crippen molar-refractivity contribution in [1.29, 1.82) is 0 Å². The Morgan fingerprint density at radius 2 is 2.08 bits per heavy atom. The Balaban J connectivity index is 1.92. The van der Waals surface area contributed by atoms with Crippen LogP contribution in [0, 0.1) is 11.8 Å². The van der Waals surface area contributed by atoms with E-state index in [0.29, 0.717) is 13.0 Å². The number of hydrogen-bond donors (Lipinski definition) is 0. The van der Waals surface area contributed by atoms with Crippen LogP contribution in [0.15, 0.2) is 66.9 Å². The average Bonchev–Trinajstić information content (AvgIpc) is 2.94. The number of hydrogen-bond acceptors (Lipinski definition) is 2. The van der Waals surface area contributed by atoms with Gasteiger partial charge in [-0.15, -0.1) is 13.2 Å². The van der Waals surface area contributed by atoms with Gasteiger partial charge in [-0.2, -0.15) is 0 Å². The van der Waals surface area contributed by atoms with E-state index in [1.165, 1.54) is 10.4 Å². The van der Waals surface area contributed by atoms with Crippen LogP contribution in [-0.2, 0) is 9.53 Å². The molecule has 2 aliphatic rings. The Morgan fingerprint density at radius 3 is 2.75 bits per heavy atom. The van der Waals surface area contributed by atoms with Gasteiger partial charge < -0.3 is 4.74 Å². The van der Waals surface area contributed by atoms with Crippen molar-refractivity contribution >= 4 is 19.0 Å². The zero-order chi connectivity index (χ0) is 17.4.